The third-order valence-electron chi connectivity index (χ3n) is 3.01. The van der Waals surface area contributed by atoms with Gasteiger partial charge in [-0.15, -0.1) is 0 Å². The second kappa shape index (κ2) is 4.08. The minimum atomic E-state index is -1.66. The third kappa shape index (κ3) is 1.67. The summed E-state index contributed by atoms with van der Waals surface area (Å²) in [5.41, 5.74) is 0.634. The van der Waals surface area contributed by atoms with Crippen LogP contribution in [0.15, 0.2) is 40.8 Å². The molecule has 0 amide bonds. The van der Waals surface area contributed by atoms with Crippen molar-refractivity contribution in [2.75, 3.05) is 0 Å². The molecule has 0 atom stereocenters. The number of fused-ring (bicyclic) bond motifs is 3. The van der Waals surface area contributed by atoms with Crippen LogP contribution in [0.1, 0.15) is 0 Å². The van der Waals surface area contributed by atoms with E-state index in [-0.39, 0.29) is 16.7 Å². The van der Waals surface area contributed by atoms with Crippen LogP contribution in [0.4, 0.5) is 5.69 Å². The molecule has 0 aliphatic carbocycles. The number of para-hydroxylation sites is 1. The maximum absolute atomic E-state index is 11.0. The second-order valence-corrected chi connectivity index (χ2v) is 4.11. The van der Waals surface area contributed by atoms with E-state index in [0.29, 0.717) is 16.4 Å². The Kier molecular flexibility index (Phi) is 2.51. The average molecular weight is 257 g/mol. The number of nitrogens with zero attached hydrogens (tertiary/aromatic N) is 1. The summed E-state index contributed by atoms with van der Waals surface area (Å²) in [7, 11) is -1.66. The predicted molar refractivity (Wildman–Crippen MR) is 70.2 cm³/mol. The van der Waals surface area contributed by atoms with Gasteiger partial charge in [-0.3, -0.25) is 10.1 Å². The first-order valence-corrected chi connectivity index (χ1v) is 5.54. The molecule has 6 nitrogen and oxygen atoms in total. The molecular weight excluding hydrogens is 249 g/mol. The van der Waals surface area contributed by atoms with E-state index in [1.54, 1.807) is 24.3 Å². The second-order valence-electron chi connectivity index (χ2n) is 4.11. The molecule has 1 heterocycles. The molecular formula is C12H8BNO5. The summed E-state index contributed by atoms with van der Waals surface area (Å²) in [6.45, 7) is 0. The number of hydrogen-bond acceptors (Lipinski definition) is 5. The number of hydrogen-bond donors (Lipinski definition) is 2. The SMILES string of the molecule is O=[N+]([O-])c1cccc2c1oc1cccc(B(O)O)c12. The average Bonchev–Trinajstić information content (AvgIpc) is 2.76. The van der Waals surface area contributed by atoms with Gasteiger partial charge >= 0.3 is 12.8 Å². The fourth-order valence-electron chi connectivity index (χ4n) is 2.22. The Morgan fingerprint density at radius 2 is 1.89 bits per heavy atom. The van der Waals surface area contributed by atoms with Gasteiger partial charge in [0, 0.05) is 16.8 Å². The molecule has 0 aliphatic heterocycles. The highest BCUT2D eigenvalue weighted by Crippen LogP contribution is 2.33. The standard InChI is InChI=1S/C12H8BNO5/c15-13(16)8-4-2-6-10-11(8)7-3-1-5-9(14(17)18)12(7)19-10/h1-6,15-16H. The molecule has 3 rings (SSSR count). The van der Waals surface area contributed by atoms with E-state index in [1.807, 2.05) is 0 Å². The van der Waals surface area contributed by atoms with E-state index in [2.05, 4.69) is 0 Å². The number of rotatable bonds is 2. The molecule has 1 aromatic heterocycles. The summed E-state index contributed by atoms with van der Waals surface area (Å²) >= 11 is 0. The zero-order valence-corrected chi connectivity index (χ0v) is 9.61. The van der Waals surface area contributed by atoms with Gasteiger partial charge in [0.2, 0.25) is 5.58 Å². The third-order valence-corrected chi connectivity index (χ3v) is 3.01. The number of benzene rings is 2. The summed E-state index contributed by atoms with van der Waals surface area (Å²) in [6.07, 6.45) is 0. The quantitative estimate of drug-likeness (QED) is 0.408. The Labute approximate surface area is 107 Å². The lowest BCUT2D eigenvalue weighted by Crippen LogP contribution is -2.30. The monoisotopic (exact) mass is 257 g/mol. The molecule has 94 valence electrons. The molecule has 0 bridgehead atoms. The van der Waals surface area contributed by atoms with Crippen LogP contribution in [0, 0.1) is 10.1 Å². The Bertz CT molecular complexity index is 795. The summed E-state index contributed by atoms with van der Waals surface area (Å²) in [4.78, 5) is 10.4. The van der Waals surface area contributed by atoms with Crippen LogP contribution in [0.2, 0.25) is 0 Å². The Morgan fingerprint density at radius 1 is 1.16 bits per heavy atom. The van der Waals surface area contributed by atoms with Crippen molar-refractivity contribution in [3.63, 3.8) is 0 Å². The van der Waals surface area contributed by atoms with Crippen molar-refractivity contribution in [3.8, 4) is 0 Å². The molecule has 0 unspecified atom stereocenters. The van der Waals surface area contributed by atoms with Crippen LogP contribution in [0.25, 0.3) is 21.9 Å². The molecule has 0 spiro atoms. The van der Waals surface area contributed by atoms with Gasteiger partial charge in [0.25, 0.3) is 0 Å². The molecule has 0 fully saturated rings. The topological polar surface area (TPSA) is 96.7 Å². The van der Waals surface area contributed by atoms with Crippen LogP contribution in [-0.4, -0.2) is 22.1 Å². The van der Waals surface area contributed by atoms with Crippen LogP contribution in [0.3, 0.4) is 0 Å². The van der Waals surface area contributed by atoms with Crippen LogP contribution >= 0.6 is 0 Å². The Hall–Kier alpha value is -2.38. The van der Waals surface area contributed by atoms with Gasteiger partial charge in [0.15, 0.2) is 0 Å². The zero-order valence-electron chi connectivity index (χ0n) is 9.61. The fourth-order valence-corrected chi connectivity index (χ4v) is 2.22. The van der Waals surface area contributed by atoms with Crippen molar-refractivity contribution in [2.24, 2.45) is 0 Å². The van der Waals surface area contributed by atoms with E-state index in [1.165, 1.54) is 12.1 Å². The number of nitro groups is 1. The van der Waals surface area contributed by atoms with Gasteiger partial charge in [-0.1, -0.05) is 18.2 Å². The number of nitro benzene ring substituents is 1. The van der Waals surface area contributed by atoms with Gasteiger partial charge in [-0.25, -0.2) is 0 Å². The lowest BCUT2D eigenvalue weighted by atomic mass is 9.77. The van der Waals surface area contributed by atoms with Gasteiger partial charge < -0.3 is 14.5 Å². The lowest BCUT2D eigenvalue weighted by molar-refractivity contribution is -0.383. The van der Waals surface area contributed by atoms with Gasteiger partial charge in [0.1, 0.15) is 5.58 Å². The summed E-state index contributed by atoms with van der Waals surface area (Å²) in [6, 6.07) is 9.31. The van der Waals surface area contributed by atoms with E-state index in [4.69, 9.17) is 4.42 Å². The zero-order chi connectivity index (χ0) is 13.6. The first kappa shape index (κ1) is 11.7. The largest absolute Gasteiger partial charge is 0.489 e. The Morgan fingerprint density at radius 3 is 2.58 bits per heavy atom. The normalized spacial score (nSPS) is 11.1. The lowest BCUT2D eigenvalue weighted by Gasteiger charge is -2.00. The van der Waals surface area contributed by atoms with Crippen LogP contribution < -0.4 is 5.46 Å². The minimum Gasteiger partial charge on any atom is -0.449 e. The van der Waals surface area contributed by atoms with Gasteiger partial charge in [-0.05, 0) is 17.6 Å². The maximum atomic E-state index is 11.0. The molecule has 0 aliphatic rings. The summed E-state index contributed by atoms with van der Waals surface area (Å²) in [5.74, 6) is 0. The highest BCUT2D eigenvalue weighted by molar-refractivity contribution is 6.62. The Balaban J connectivity index is 2.50. The van der Waals surface area contributed by atoms with Crippen molar-refractivity contribution in [1.29, 1.82) is 0 Å². The highest BCUT2D eigenvalue weighted by atomic mass is 16.6. The number of non-ortho nitro benzene ring substituents is 1. The smallest absolute Gasteiger partial charge is 0.449 e. The minimum absolute atomic E-state index is 0.135. The van der Waals surface area contributed by atoms with E-state index >= 15 is 0 Å². The van der Waals surface area contributed by atoms with Crippen molar-refractivity contribution in [2.45, 2.75) is 0 Å². The molecule has 2 aromatic carbocycles. The van der Waals surface area contributed by atoms with E-state index in [9.17, 15) is 20.2 Å². The van der Waals surface area contributed by atoms with Crippen molar-refractivity contribution in [3.05, 3.63) is 46.5 Å². The van der Waals surface area contributed by atoms with Crippen LogP contribution in [-0.2, 0) is 0 Å². The summed E-state index contributed by atoms with van der Waals surface area (Å²) < 4.78 is 5.47. The molecule has 3 aromatic rings. The first-order chi connectivity index (χ1) is 9.09. The maximum Gasteiger partial charge on any atom is 0.489 e. The molecule has 0 saturated carbocycles. The van der Waals surface area contributed by atoms with Crippen molar-refractivity contribution >= 4 is 40.2 Å². The highest BCUT2D eigenvalue weighted by Gasteiger charge is 2.23. The van der Waals surface area contributed by atoms with Crippen molar-refractivity contribution < 1.29 is 19.4 Å². The first-order valence-electron chi connectivity index (χ1n) is 5.54. The van der Waals surface area contributed by atoms with E-state index in [0.717, 1.165) is 0 Å². The molecule has 0 radical (unpaired) electrons. The molecule has 0 saturated heterocycles. The predicted octanol–water partition coefficient (Wildman–Crippen LogP) is 1.17. The number of furan rings is 1. The summed E-state index contributed by atoms with van der Waals surface area (Å²) in [5, 5.41) is 30.6. The van der Waals surface area contributed by atoms with Crippen LogP contribution in [0.5, 0.6) is 0 Å². The van der Waals surface area contributed by atoms with Gasteiger partial charge in [0.05, 0.1) is 4.92 Å². The fraction of sp³-hybridized carbons (Fsp3) is 0. The van der Waals surface area contributed by atoms with Gasteiger partial charge in [-0.2, -0.15) is 0 Å². The molecule has 2 N–H and O–H groups in total. The van der Waals surface area contributed by atoms with E-state index < -0.39 is 12.0 Å². The van der Waals surface area contributed by atoms with Crippen molar-refractivity contribution in [1.82, 2.24) is 0 Å². The molecule has 7 heteroatoms. The molecule has 19 heavy (non-hydrogen) atoms.